The second-order valence-corrected chi connectivity index (χ2v) is 8.01. The molecule has 0 atom stereocenters. The molecule has 0 unspecified atom stereocenters. The van der Waals surface area contributed by atoms with Gasteiger partial charge in [-0.3, -0.25) is 9.59 Å². The number of furan rings is 1. The van der Waals surface area contributed by atoms with Crippen LogP contribution in [-0.4, -0.2) is 24.0 Å². The summed E-state index contributed by atoms with van der Waals surface area (Å²) < 4.78 is 10.2. The van der Waals surface area contributed by atoms with Crippen molar-refractivity contribution in [1.29, 1.82) is 0 Å². The normalized spacial score (nSPS) is 11.3. The van der Waals surface area contributed by atoms with E-state index >= 15 is 0 Å². The summed E-state index contributed by atoms with van der Waals surface area (Å²) in [6.07, 6.45) is 4.40. The second kappa shape index (κ2) is 11.4. The van der Waals surface area contributed by atoms with E-state index in [9.17, 15) is 14.4 Å². The Bertz CT molecular complexity index is 1340. The van der Waals surface area contributed by atoms with Gasteiger partial charge in [0, 0.05) is 10.4 Å². The maximum absolute atomic E-state index is 12.7. The van der Waals surface area contributed by atoms with E-state index in [4.69, 9.17) is 9.15 Å². The van der Waals surface area contributed by atoms with Crippen LogP contribution in [-0.2, 0) is 4.79 Å². The Kier molecular flexibility index (Phi) is 7.62. The lowest BCUT2D eigenvalue weighted by atomic mass is 10.2. The molecule has 2 N–H and O–H groups in total. The van der Waals surface area contributed by atoms with Gasteiger partial charge in [-0.1, -0.05) is 24.3 Å². The molecule has 2 heterocycles. The van der Waals surface area contributed by atoms with E-state index in [2.05, 4.69) is 15.8 Å². The van der Waals surface area contributed by atoms with E-state index in [1.165, 1.54) is 29.9 Å². The highest BCUT2D eigenvalue weighted by Gasteiger charge is 2.15. The Hall–Kier alpha value is -4.76. The molecule has 2 amide bonds. The predicted molar refractivity (Wildman–Crippen MR) is 132 cm³/mol. The molecule has 35 heavy (non-hydrogen) atoms. The molecule has 0 bridgehead atoms. The maximum atomic E-state index is 12.7. The molecular weight excluding hydrogens is 466 g/mol. The van der Waals surface area contributed by atoms with Gasteiger partial charge in [-0.25, -0.2) is 10.2 Å². The van der Waals surface area contributed by atoms with Crippen LogP contribution in [0.25, 0.3) is 6.08 Å². The number of benzene rings is 2. The van der Waals surface area contributed by atoms with Crippen molar-refractivity contribution in [1.82, 2.24) is 10.7 Å². The van der Waals surface area contributed by atoms with Crippen LogP contribution in [0.2, 0.25) is 0 Å². The fraction of sp³-hybridized carbons (Fsp3) is 0. The van der Waals surface area contributed by atoms with E-state index in [1.807, 2.05) is 17.5 Å². The monoisotopic (exact) mass is 485 g/mol. The van der Waals surface area contributed by atoms with Crippen molar-refractivity contribution in [3.05, 3.63) is 118 Å². The number of thiophene rings is 1. The molecule has 0 saturated heterocycles. The average molecular weight is 486 g/mol. The third-order valence-corrected chi connectivity index (χ3v) is 5.37. The van der Waals surface area contributed by atoms with Gasteiger partial charge in [0.05, 0.1) is 12.5 Å². The van der Waals surface area contributed by atoms with Crippen LogP contribution in [0.1, 0.15) is 31.4 Å². The van der Waals surface area contributed by atoms with E-state index in [1.54, 1.807) is 66.7 Å². The first kappa shape index (κ1) is 23.4. The molecule has 9 heteroatoms. The molecule has 0 aliphatic heterocycles. The summed E-state index contributed by atoms with van der Waals surface area (Å²) in [7, 11) is 0. The van der Waals surface area contributed by atoms with Crippen molar-refractivity contribution in [2.75, 3.05) is 0 Å². The quantitative estimate of drug-likeness (QED) is 0.126. The minimum Gasteiger partial charge on any atom is -0.457 e. The lowest BCUT2D eigenvalue weighted by molar-refractivity contribution is -0.117. The van der Waals surface area contributed by atoms with Crippen LogP contribution in [0.4, 0.5) is 0 Å². The third-order valence-electron chi connectivity index (χ3n) is 4.55. The standard InChI is InChI=1S/C26H19N3O5S/c30-24(19-6-2-1-3-7-19)28-22(16-21-8-5-15-35-21)25(31)29-27-17-18-10-12-20(13-11-18)34-26(32)23-9-4-14-33-23/h1-17H,(H,28,30)(H,29,31). The molecule has 174 valence electrons. The predicted octanol–water partition coefficient (Wildman–Crippen LogP) is 4.48. The first-order valence-electron chi connectivity index (χ1n) is 10.4. The molecule has 0 fully saturated rings. The van der Waals surface area contributed by atoms with Crippen LogP contribution < -0.4 is 15.5 Å². The van der Waals surface area contributed by atoms with Crippen LogP contribution in [0, 0.1) is 0 Å². The van der Waals surface area contributed by atoms with Gasteiger partial charge < -0.3 is 14.5 Å². The maximum Gasteiger partial charge on any atom is 0.379 e. The average Bonchev–Trinajstić information content (AvgIpc) is 3.60. The molecule has 4 aromatic rings. The van der Waals surface area contributed by atoms with E-state index in [0.29, 0.717) is 16.9 Å². The van der Waals surface area contributed by atoms with Crippen molar-refractivity contribution in [2.45, 2.75) is 0 Å². The smallest absolute Gasteiger partial charge is 0.379 e. The van der Waals surface area contributed by atoms with Gasteiger partial charge in [-0.05, 0) is 71.6 Å². The minimum atomic E-state index is -0.605. The summed E-state index contributed by atoms with van der Waals surface area (Å²) in [5.74, 6) is -1.16. The number of nitrogens with zero attached hydrogens (tertiary/aromatic N) is 1. The number of hydrazone groups is 1. The molecule has 4 rings (SSSR count). The molecule has 2 aromatic heterocycles. The van der Waals surface area contributed by atoms with Crippen LogP contribution in [0.3, 0.4) is 0 Å². The zero-order valence-corrected chi connectivity index (χ0v) is 19.0. The van der Waals surface area contributed by atoms with Gasteiger partial charge >= 0.3 is 5.97 Å². The largest absolute Gasteiger partial charge is 0.457 e. The summed E-state index contributed by atoms with van der Waals surface area (Å²) in [5, 5.41) is 8.48. The number of hydrogen-bond donors (Lipinski definition) is 2. The van der Waals surface area contributed by atoms with Crippen molar-refractivity contribution in [2.24, 2.45) is 5.10 Å². The number of carbonyl (C=O) groups excluding carboxylic acids is 3. The zero-order valence-electron chi connectivity index (χ0n) is 18.2. The Morgan fingerprint density at radius 2 is 1.71 bits per heavy atom. The van der Waals surface area contributed by atoms with Gasteiger partial charge in [-0.2, -0.15) is 5.10 Å². The van der Waals surface area contributed by atoms with Gasteiger partial charge in [0.15, 0.2) is 0 Å². The molecule has 2 aromatic carbocycles. The van der Waals surface area contributed by atoms with Crippen molar-refractivity contribution in [3.63, 3.8) is 0 Å². The summed E-state index contributed by atoms with van der Waals surface area (Å²) in [6, 6.07) is 21.9. The molecule has 0 radical (unpaired) electrons. The number of rotatable bonds is 8. The SMILES string of the molecule is O=C(NN=Cc1ccc(OC(=O)c2ccco2)cc1)C(=Cc1cccs1)NC(=O)c1ccccc1. The Balaban J connectivity index is 1.39. The molecular formula is C26H19N3O5S. The summed E-state index contributed by atoms with van der Waals surface area (Å²) >= 11 is 1.43. The van der Waals surface area contributed by atoms with Crippen molar-refractivity contribution < 1.29 is 23.5 Å². The van der Waals surface area contributed by atoms with Crippen LogP contribution in [0.5, 0.6) is 5.75 Å². The third kappa shape index (κ3) is 6.62. The Labute approximate surface area is 204 Å². The minimum absolute atomic E-state index is 0.0543. The van der Waals surface area contributed by atoms with Gasteiger partial charge in [0.1, 0.15) is 11.4 Å². The summed E-state index contributed by atoms with van der Waals surface area (Å²) in [4.78, 5) is 38.0. The number of ether oxygens (including phenoxy) is 1. The van der Waals surface area contributed by atoms with E-state index < -0.39 is 17.8 Å². The highest BCUT2D eigenvalue weighted by Crippen LogP contribution is 2.15. The molecule has 0 spiro atoms. The van der Waals surface area contributed by atoms with E-state index in [-0.39, 0.29) is 11.5 Å². The fourth-order valence-corrected chi connectivity index (χ4v) is 3.51. The number of amides is 2. The van der Waals surface area contributed by atoms with Gasteiger partial charge in [0.25, 0.3) is 11.8 Å². The Morgan fingerprint density at radius 1 is 0.914 bits per heavy atom. The first-order chi connectivity index (χ1) is 17.1. The number of hydrogen-bond acceptors (Lipinski definition) is 7. The topological polar surface area (TPSA) is 110 Å². The lowest BCUT2D eigenvalue weighted by Crippen LogP contribution is -2.32. The summed E-state index contributed by atoms with van der Waals surface area (Å²) in [6.45, 7) is 0. The first-order valence-corrected chi connectivity index (χ1v) is 11.3. The summed E-state index contributed by atoms with van der Waals surface area (Å²) in [5.41, 5.74) is 3.55. The number of nitrogens with one attached hydrogen (secondary N) is 2. The van der Waals surface area contributed by atoms with Gasteiger partial charge in [0.2, 0.25) is 5.76 Å². The molecule has 0 aliphatic rings. The molecule has 0 aliphatic carbocycles. The van der Waals surface area contributed by atoms with Crippen LogP contribution in [0.15, 0.2) is 106 Å². The highest BCUT2D eigenvalue weighted by molar-refractivity contribution is 7.10. The van der Waals surface area contributed by atoms with Crippen molar-refractivity contribution >= 4 is 41.4 Å². The fourth-order valence-electron chi connectivity index (χ4n) is 2.86. The van der Waals surface area contributed by atoms with Crippen LogP contribution >= 0.6 is 11.3 Å². The van der Waals surface area contributed by atoms with E-state index in [0.717, 1.165) is 4.88 Å². The number of carbonyl (C=O) groups is 3. The Morgan fingerprint density at radius 3 is 2.40 bits per heavy atom. The zero-order chi connectivity index (χ0) is 24.5. The lowest BCUT2D eigenvalue weighted by Gasteiger charge is -2.08. The second-order valence-electron chi connectivity index (χ2n) is 7.03. The highest BCUT2D eigenvalue weighted by atomic mass is 32.1. The van der Waals surface area contributed by atoms with Crippen molar-refractivity contribution in [3.8, 4) is 5.75 Å². The molecule has 0 saturated carbocycles. The van der Waals surface area contributed by atoms with Gasteiger partial charge in [-0.15, -0.1) is 11.3 Å². The number of esters is 1. The molecule has 8 nitrogen and oxygen atoms in total.